The molecule has 2 amide bonds. The van der Waals surface area contributed by atoms with Crippen LogP contribution < -0.4 is 10.6 Å². The molecule has 0 aromatic carbocycles. The molecular weight excluding hydrogens is 360 g/mol. The summed E-state index contributed by atoms with van der Waals surface area (Å²) in [5, 5.41) is 7.60. The van der Waals surface area contributed by atoms with Gasteiger partial charge < -0.3 is 15.5 Å². The van der Waals surface area contributed by atoms with Crippen molar-refractivity contribution in [3.63, 3.8) is 0 Å². The number of fused-ring (bicyclic) bond motifs is 3. The van der Waals surface area contributed by atoms with Gasteiger partial charge in [-0.05, 0) is 50.7 Å². The Hall–Kier alpha value is -1.99. The maximum Gasteiger partial charge on any atom is 0.270 e. The second kappa shape index (κ2) is 6.87. The van der Waals surface area contributed by atoms with Gasteiger partial charge in [-0.2, -0.15) is 0 Å². The van der Waals surface area contributed by atoms with Crippen LogP contribution >= 0.6 is 11.3 Å². The van der Waals surface area contributed by atoms with E-state index in [2.05, 4.69) is 15.6 Å². The second-order valence-electron chi connectivity index (χ2n) is 7.93. The summed E-state index contributed by atoms with van der Waals surface area (Å²) in [6.45, 7) is 1.69. The van der Waals surface area contributed by atoms with Gasteiger partial charge >= 0.3 is 0 Å². The number of nitrogens with zero attached hydrogens (tertiary/aromatic N) is 2. The van der Waals surface area contributed by atoms with Crippen LogP contribution in [-0.2, 0) is 0 Å². The van der Waals surface area contributed by atoms with Crippen LogP contribution in [0, 0.1) is 0 Å². The first-order valence-electron chi connectivity index (χ1n) is 9.93. The largest absolute Gasteiger partial charge is 0.346 e. The maximum atomic E-state index is 12.7. The number of hydrogen-bond acceptors (Lipinski definition) is 5. The Kier molecular flexibility index (Phi) is 4.36. The van der Waals surface area contributed by atoms with Gasteiger partial charge in [-0.25, -0.2) is 0 Å². The normalized spacial score (nSPS) is 27.3. The summed E-state index contributed by atoms with van der Waals surface area (Å²) in [6.07, 6.45) is 8.44. The number of thiophene rings is 1. The Labute approximate surface area is 162 Å². The van der Waals surface area contributed by atoms with Crippen LogP contribution in [0.5, 0.6) is 0 Å². The number of pyridine rings is 1. The summed E-state index contributed by atoms with van der Waals surface area (Å²) in [5.74, 6) is -0.0106. The highest BCUT2D eigenvalue weighted by Gasteiger charge is 2.39. The highest BCUT2D eigenvalue weighted by Crippen LogP contribution is 2.29. The molecular formula is C20H24N4O2S. The van der Waals surface area contributed by atoms with Gasteiger partial charge in [0, 0.05) is 47.5 Å². The summed E-state index contributed by atoms with van der Waals surface area (Å²) in [7, 11) is 0. The van der Waals surface area contributed by atoms with Crippen molar-refractivity contribution in [3.8, 4) is 0 Å². The molecule has 3 saturated heterocycles. The highest BCUT2D eigenvalue weighted by molar-refractivity contribution is 7.20. The summed E-state index contributed by atoms with van der Waals surface area (Å²) >= 11 is 1.46. The van der Waals surface area contributed by atoms with Crippen molar-refractivity contribution in [2.75, 3.05) is 13.1 Å². The van der Waals surface area contributed by atoms with Gasteiger partial charge in [-0.1, -0.05) is 0 Å². The first-order chi connectivity index (χ1) is 13.2. The average Bonchev–Trinajstić information content (AvgIpc) is 3.42. The van der Waals surface area contributed by atoms with E-state index >= 15 is 0 Å². The molecule has 2 N–H and O–H groups in total. The van der Waals surface area contributed by atoms with Crippen LogP contribution in [0.15, 0.2) is 18.3 Å². The van der Waals surface area contributed by atoms with E-state index in [0.29, 0.717) is 17.8 Å². The Balaban J connectivity index is 1.32. The molecule has 5 rings (SSSR count). The smallest absolute Gasteiger partial charge is 0.270 e. The van der Waals surface area contributed by atoms with Gasteiger partial charge in [0.15, 0.2) is 0 Å². The second-order valence-corrected chi connectivity index (χ2v) is 9.02. The molecule has 6 nitrogen and oxygen atoms in total. The molecule has 5 heterocycles. The monoisotopic (exact) mass is 384 g/mol. The van der Waals surface area contributed by atoms with Gasteiger partial charge in [-0.3, -0.25) is 14.6 Å². The van der Waals surface area contributed by atoms with E-state index in [1.165, 1.54) is 24.2 Å². The number of carbonyl (C=O) groups is 2. The quantitative estimate of drug-likeness (QED) is 0.853. The fourth-order valence-electron chi connectivity index (χ4n) is 4.64. The predicted molar refractivity (Wildman–Crippen MR) is 105 cm³/mol. The topological polar surface area (TPSA) is 74.3 Å². The van der Waals surface area contributed by atoms with Crippen molar-refractivity contribution in [3.05, 3.63) is 28.9 Å². The number of likely N-dealkylation sites (tertiary alicyclic amines) is 1. The van der Waals surface area contributed by atoms with Crippen LogP contribution in [0.3, 0.4) is 0 Å². The Morgan fingerprint density at radius 3 is 2.78 bits per heavy atom. The van der Waals surface area contributed by atoms with Crippen LogP contribution in [0.4, 0.5) is 0 Å². The minimum atomic E-state index is -0.117. The maximum absolute atomic E-state index is 12.7. The van der Waals surface area contributed by atoms with Crippen molar-refractivity contribution < 1.29 is 9.59 Å². The number of carbonyl (C=O) groups excluding carboxylic acids is 2. The van der Waals surface area contributed by atoms with Crippen LogP contribution in [0.2, 0.25) is 0 Å². The zero-order valence-corrected chi connectivity index (χ0v) is 16.1. The molecule has 2 aromatic heterocycles. The lowest BCUT2D eigenvalue weighted by atomic mass is 9.95. The van der Waals surface area contributed by atoms with Crippen LogP contribution in [0.1, 0.15) is 58.7 Å². The molecule has 142 valence electrons. The van der Waals surface area contributed by atoms with E-state index in [1.54, 1.807) is 6.20 Å². The van der Waals surface area contributed by atoms with Gasteiger partial charge in [-0.15, -0.1) is 11.3 Å². The van der Waals surface area contributed by atoms with Crippen LogP contribution in [-0.4, -0.2) is 52.9 Å². The number of rotatable bonds is 3. The van der Waals surface area contributed by atoms with Crippen molar-refractivity contribution in [1.29, 1.82) is 0 Å². The van der Waals surface area contributed by atoms with Crippen molar-refractivity contribution in [1.82, 2.24) is 20.5 Å². The Morgan fingerprint density at radius 1 is 1.19 bits per heavy atom. The third-order valence-corrected chi connectivity index (χ3v) is 7.19. The minimum absolute atomic E-state index is 0.106. The lowest BCUT2D eigenvalue weighted by Crippen LogP contribution is -2.43. The summed E-state index contributed by atoms with van der Waals surface area (Å²) in [6, 6.07) is 4.89. The van der Waals surface area contributed by atoms with E-state index in [-0.39, 0.29) is 17.9 Å². The molecule has 0 unspecified atom stereocenters. The van der Waals surface area contributed by atoms with Gasteiger partial charge in [0.25, 0.3) is 11.8 Å². The summed E-state index contributed by atoms with van der Waals surface area (Å²) < 4.78 is 0.946. The zero-order valence-electron chi connectivity index (χ0n) is 15.2. The van der Waals surface area contributed by atoms with Gasteiger partial charge in [0.05, 0.1) is 4.88 Å². The molecule has 2 bridgehead atoms. The molecule has 7 heteroatoms. The lowest BCUT2D eigenvalue weighted by molar-refractivity contribution is 0.0729. The lowest BCUT2D eigenvalue weighted by Gasteiger charge is -2.26. The number of nitrogens with one attached hydrogen (secondary N) is 2. The molecule has 3 fully saturated rings. The Bertz CT molecular complexity index is 889. The zero-order chi connectivity index (χ0) is 18.4. The number of amides is 2. The van der Waals surface area contributed by atoms with E-state index in [4.69, 9.17) is 0 Å². The van der Waals surface area contributed by atoms with Crippen molar-refractivity contribution in [2.24, 2.45) is 0 Å². The van der Waals surface area contributed by atoms with E-state index in [0.717, 1.165) is 53.7 Å². The molecule has 27 heavy (non-hydrogen) atoms. The fraction of sp³-hybridized carbons (Fsp3) is 0.550. The molecule has 2 aromatic rings. The van der Waals surface area contributed by atoms with E-state index < -0.39 is 0 Å². The standard InChI is InChI=1S/C20H24N4O2S/c25-19(23-15-9-13-4-5-14(15)22-13)16-10-17-12(11-21-16)8-18(27-17)20(26)24-6-2-1-3-7-24/h8,10-11,13-15,22H,1-7,9H2,(H,23,25)/t13-,14+,15-/m1/s1. The van der Waals surface area contributed by atoms with E-state index in [9.17, 15) is 9.59 Å². The molecule has 3 atom stereocenters. The number of hydrogen-bond donors (Lipinski definition) is 2. The third kappa shape index (κ3) is 3.23. The molecule has 0 aliphatic carbocycles. The molecule has 0 saturated carbocycles. The molecule has 0 spiro atoms. The minimum Gasteiger partial charge on any atom is -0.346 e. The fourth-order valence-corrected chi connectivity index (χ4v) is 5.68. The third-order valence-electron chi connectivity index (χ3n) is 6.10. The first-order valence-corrected chi connectivity index (χ1v) is 10.7. The number of piperidine rings is 1. The Morgan fingerprint density at radius 2 is 2.04 bits per heavy atom. The van der Waals surface area contributed by atoms with Crippen molar-refractivity contribution in [2.45, 2.75) is 56.7 Å². The predicted octanol–water partition coefficient (Wildman–Crippen LogP) is 2.55. The first kappa shape index (κ1) is 17.1. The molecule has 0 radical (unpaired) electrons. The molecule has 3 aliphatic heterocycles. The summed E-state index contributed by atoms with van der Waals surface area (Å²) in [5.41, 5.74) is 0.434. The van der Waals surface area contributed by atoms with Gasteiger partial charge in [0.1, 0.15) is 5.69 Å². The summed E-state index contributed by atoms with van der Waals surface area (Å²) in [4.78, 5) is 32.4. The van der Waals surface area contributed by atoms with Gasteiger partial charge in [0.2, 0.25) is 0 Å². The number of aromatic nitrogens is 1. The highest BCUT2D eigenvalue weighted by atomic mass is 32.1. The van der Waals surface area contributed by atoms with E-state index in [1.807, 2.05) is 17.0 Å². The van der Waals surface area contributed by atoms with Crippen LogP contribution in [0.25, 0.3) is 10.1 Å². The SMILES string of the molecule is O=C(N[C@@H]1C[C@H]2CC[C@@H]1N2)c1cc2sc(C(=O)N3CCCCC3)cc2cn1. The van der Waals surface area contributed by atoms with Crippen molar-refractivity contribution >= 4 is 33.2 Å². The molecule has 3 aliphatic rings. The average molecular weight is 385 g/mol.